The molecule has 1 aliphatic heterocycles. The maximum atomic E-state index is 12.5. The molecule has 2 heterocycles. The van der Waals surface area contributed by atoms with Crippen LogP contribution in [-0.4, -0.2) is 27.7 Å². The van der Waals surface area contributed by atoms with E-state index in [2.05, 4.69) is 36.4 Å². The van der Waals surface area contributed by atoms with Crippen LogP contribution in [0.15, 0.2) is 22.7 Å². The van der Waals surface area contributed by atoms with Crippen molar-refractivity contribution in [2.45, 2.75) is 38.6 Å². The van der Waals surface area contributed by atoms with E-state index in [4.69, 9.17) is 4.74 Å². The van der Waals surface area contributed by atoms with E-state index >= 15 is 0 Å². The summed E-state index contributed by atoms with van der Waals surface area (Å²) >= 11 is 3.45. The van der Waals surface area contributed by atoms with Gasteiger partial charge >= 0.3 is 0 Å². The molecule has 1 atom stereocenters. The highest BCUT2D eigenvalue weighted by molar-refractivity contribution is 9.10. The average molecular weight is 379 g/mol. The van der Waals surface area contributed by atoms with Crippen LogP contribution in [0, 0.1) is 0 Å². The fourth-order valence-electron chi connectivity index (χ4n) is 2.58. The predicted octanol–water partition coefficient (Wildman–Crippen LogP) is 2.87. The zero-order valence-corrected chi connectivity index (χ0v) is 14.7. The first-order chi connectivity index (χ1) is 11.0. The second-order valence-corrected chi connectivity index (χ2v) is 6.80. The molecule has 0 bridgehead atoms. The van der Waals surface area contributed by atoms with E-state index in [1.807, 2.05) is 32.0 Å². The van der Waals surface area contributed by atoms with E-state index in [1.54, 1.807) is 0 Å². The van der Waals surface area contributed by atoms with Gasteiger partial charge in [-0.15, -0.1) is 0 Å². The number of carbonyl (C=O) groups excluding carboxylic acids is 1. The molecule has 0 radical (unpaired) electrons. The maximum absolute atomic E-state index is 12.5. The molecule has 7 heteroatoms. The summed E-state index contributed by atoms with van der Waals surface area (Å²) in [6.45, 7) is 4.95. The minimum atomic E-state index is -0.205. The topological polar surface area (TPSA) is 79.9 Å². The van der Waals surface area contributed by atoms with Gasteiger partial charge in [0.1, 0.15) is 11.6 Å². The van der Waals surface area contributed by atoms with Crippen molar-refractivity contribution in [3.63, 3.8) is 0 Å². The molecule has 0 saturated carbocycles. The molecular formula is C16H19BrN4O2. The Kier molecular flexibility index (Phi) is 4.66. The highest BCUT2D eigenvalue weighted by Gasteiger charge is 2.28. The molecule has 23 heavy (non-hydrogen) atoms. The van der Waals surface area contributed by atoms with Crippen LogP contribution in [0.5, 0.6) is 5.75 Å². The number of rotatable bonds is 4. The molecule has 2 N–H and O–H groups in total. The summed E-state index contributed by atoms with van der Waals surface area (Å²) in [5, 5.41) is 9.94. The third kappa shape index (κ3) is 3.55. The van der Waals surface area contributed by atoms with Crippen LogP contribution < -0.4 is 10.1 Å². The van der Waals surface area contributed by atoms with Gasteiger partial charge in [0.25, 0.3) is 0 Å². The van der Waals surface area contributed by atoms with Crippen molar-refractivity contribution in [3.05, 3.63) is 39.9 Å². The summed E-state index contributed by atoms with van der Waals surface area (Å²) in [6.07, 6.45) is 0.670. The summed E-state index contributed by atoms with van der Waals surface area (Å²) in [4.78, 5) is 16.9. The number of carbonyl (C=O) groups is 1. The Morgan fingerprint density at radius 2 is 2.35 bits per heavy atom. The van der Waals surface area contributed by atoms with Gasteiger partial charge in [0.15, 0.2) is 5.82 Å². The number of H-pyrrole nitrogens is 1. The fraction of sp³-hybridized carbons (Fsp3) is 0.438. The van der Waals surface area contributed by atoms with Gasteiger partial charge < -0.3 is 10.1 Å². The zero-order chi connectivity index (χ0) is 16.4. The molecule has 3 rings (SSSR count). The standard InChI is InChI=1S/C16H19BrN4O2/c1-9(2)15-19-14(20-21-15)8-18-16(22)11-5-6-23-13-4-3-10(17)7-12(11)13/h3-4,7,9,11H,5-6,8H2,1-2H3,(H,18,22)(H,19,20,21). The van der Waals surface area contributed by atoms with Crippen LogP contribution in [0.25, 0.3) is 0 Å². The largest absolute Gasteiger partial charge is 0.493 e. The molecule has 0 spiro atoms. The highest BCUT2D eigenvalue weighted by Crippen LogP contribution is 2.35. The second kappa shape index (κ2) is 6.70. The number of amides is 1. The Morgan fingerprint density at radius 1 is 1.52 bits per heavy atom. The van der Waals surface area contributed by atoms with E-state index in [-0.39, 0.29) is 17.7 Å². The Hall–Kier alpha value is -1.89. The van der Waals surface area contributed by atoms with Crippen molar-refractivity contribution in [1.82, 2.24) is 20.5 Å². The molecule has 1 aromatic carbocycles. The quantitative estimate of drug-likeness (QED) is 0.856. The number of benzene rings is 1. The third-order valence-electron chi connectivity index (χ3n) is 3.82. The van der Waals surface area contributed by atoms with Crippen molar-refractivity contribution in [2.24, 2.45) is 0 Å². The number of nitrogens with one attached hydrogen (secondary N) is 2. The molecular weight excluding hydrogens is 360 g/mol. The van der Waals surface area contributed by atoms with Gasteiger partial charge in [-0.3, -0.25) is 9.89 Å². The van der Waals surface area contributed by atoms with Crippen LogP contribution in [0.2, 0.25) is 0 Å². The van der Waals surface area contributed by atoms with Crippen molar-refractivity contribution in [3.8, 4) is 5.75 Å². The van der Waals surface area contributed by atoms with Gasteiger partial charge in [0.2, 0.25) is 5.91 Å². The van der Waals surface area contributed by atoms with Crippen molar-refractivity contribution in [1.29, 1.82) is 0 Å². The molecule has 2 aromatic rings. The van der Waals surface area contributed by atoms with Crippen LogP contribution in [0.3, 0.4) is 0 Å². The molecule has 1 unspecified atom stereocenters. The Balaban J connectivity index is 1.68. The Morgan fingerprint density at radius 3 is 3.09 bits per heavy atom. The van der Waals surface area contributed by atoms with Gasteiger partial charge in [0, 0.05) is 16.0 Å². The second-order valence-electron chi connectivity index (χ2n) is 5.88. The SMILES string of the molecule is CC(C)c1n[nH]c(CNC(=O)C2CCOc3ccc(Br)cc32)n1. The lowest BCUT2D eigenvalue weighted by Crippen LogP contribution is -2.32. The Bertz CT molecular complexity index is 714. The van der Waals surface area contributed by atoms with Crippen LogP contribution in [-0.2, 0) is 11.3 Å². The lowest BCUT2D eigenvalue weighted by Gasteiger charge is -2.25. The third-order valence-corrected chi connectivity index (χ3v) is 4.32. The van der Waals surface area contributed by atoms with E-state index < -0.39 is 0 Å². The number of aromatic nitrogens is 3. The van der Waals surface area contributed by atoms with E-state index in [1.165, 1.54) is 0 Å². The van der Waals surface area contributed by atoms with E-state index in [0.29, 0.717) is 25.4 Å². The van der Waals surface area contributed by atoms with Crippen LogP contribution in [0.4, 0.5) is 0 Å². The van der Waals surface area contributed by atoms with Gasteiger partial charge in [-0.2, -0.15) is 5.10 Å². The normalized spacial score (nSPS) is 16.8. The van der Waals surface area contributed by atoms with Gasteiger partial charge in [-0.25, -0.2) is 4.98 Å². The molecule has 1 aromatic heterocycles. The van der Waals surface area contributed by atoms with Crippen LogP contribution >= 0.6 is 15.9 Å². The molecule has 0 fully saturated rings. The van der Waals surface area contributed by atoms with Crippen molar-refractivity contribution >= 4 is 21.8 Å². The molecule has 1 amide bonds. The molecule has 6 nitrogen and oxygen atoms in total. The highest BCUT2D eigenvalue weighted by atomic mass is 79.9. The first kappa shape index (κ1) is 16.0. The lowest BCUT2D eigenvalue weighted by atomic mass is 9.92. The number of hydrogen-bond acceptors (Lipinski definition) is 4. The van der Waals surface area contributed by atoms with Gasteiger partial charge in [-0.05, 0) is 24.6 Å². The number of aromatic amines is 1. The van der Waals surface area contributed by atoms with Gasteiger partial charge in [-0.1, -0.05) is 29.8 Å². The summed E-state index contributed by atoms with van der Waals surface area (Å²) < 4.78 is 6.56. The smallest absolute Gasteiger partial charge is 0.228 e. The number of nitrogens with zero attached hydrogens (tertiary/aromatic N) is 2. The number of fused-ring (bicyclic) bond motifs is 1. The number of ether oxygens (including phenoxy) is 1. The number of hydrogen-bond donors (Lipinski definition) is 2. The van der Waals surface area contributed by atoms with Crippen molar-refractivity contribution < 1.29 is 9.53 Å². The molecule has 0 aliphatic carbocycles. The fourth-order valence-corrected chi connectivity index (χ4v) is 2.96. The summed E-state index contributed by atoms with van der Waals surface area (Å²) in [5.74, 6) is 2.24. The summed E-state index contributed by atoms with van der Waals surface area (Å²) in [5.41, 5.74) is 0.920. The predicted molar refractivity (Wildman–Crippen MR) is 89.3 cm³/mol. The van der Waals surface area contributed by atoms with E-state index in [9.17, 15) is 4.79 Å². The molecule has 0 saturated heterocycles. The Labute approximate surface area is 143 Å². The minimum Gasteiger partial charge on any atom is -0.493 e. The minimum absolute atomic E-state index is 0.0184. The summed E-state index contributed by atoms with van der Waals surface area (Å²) in [6, 6.07) is 5.76. The first-order valence-corrected chi connectivity index (χ1v) is 8.45. The molecule has 1 aliphatic rings. The summed E-state index contributed by atoms with van der Waals surface area (Å²) in [7, 11) is 0. The molecule has 122 valence electrons. The zero-order valence-electron chi connectivity index (χ0n) is 13.1. The average Bonchev–Trinajstić information content (AvgIpc) is 3.01. The van der Waals surface area contributed by atoms with Crippen molar-refractivity contribution in [2.75, 3.05) is 6.61 Å². The van der Waals surface area contributed by atoms with Gasteiger partial charge in [0.05, 0.1) is 19.1 Å². The van der Waals surface area contributed by atoms with E-state index in [0.717, 1.165) is 21.6 Å². The first-order valence-electron chi connectivity index (χ1n) is 7.65. The maximum Gasteiger partial charge on any atom is 0.228 e. The van der Waals surface area contributed by atoms with Crippen LogP contribution in [0.1, 0.15) is 49.3 Å². The lowest BCUT2D eigenvalue weighted by molar-refractivity contribution is -0.123. The number of halogens is 1. The monoisotopic (exact) mass is 378 g/mol.